The van der Waals surface area contributed by atoms with Crippen molar-refractivity contribution in [2.45, 2.75) is 58.7 Å². The maximum Gasteiger partial charge on any atom is 0.0338 e. The summed E-state index contributed by atoms with van der Waals surface area (Å²) in [5.74, 6) is 0.689. The molecule has 1 fully saturated rings. The molecule has 1 aliphatic heterocycles. The Bertz CT molecular complexity index is 392. The van der Waals surface area contributed by atoms with Crippen LogP contribution in [-0.2, 0) is 0 Å². The number of hydrogen-bond donors (Lipinski definition) is 1. The number of likely N-dealkylation sites (tertiary alicyclic amines) is 1. The van der Waals surface area contributed by atoms with Gasteiger partial charge in [-0.3, -0.25) is 9.88 Å². The van der Waals surface area contributed by atoms with Gasteiger partial charge in [-0.05, 0) is 50.8 Å². The smallest absolute Gasteiger partial charge is 0.0338 e. The van der Waals surface area contributed by atoms with Gasteiger partial charge in [0.2, 0.25) is 0 Å². The van der Waals surface area contributed by atoms with Gasteiger partial charge in [-0.25, -0.2) is 0 Å². The van der Waals surface area contributed by atoms with Crippen molar-refractivity contribution in [1.29, 1.82) is 0 Å². The molecule has 3 nitrogen and oxygen atoms in total. The van der Waals surface area contributed by atoms with E-state index in [1.165, 1.54) is 24.9 Å². The predicted octanol–water partition coefficient (Wildman–Crippen LogP) is 3.24. The molecule has 112 valence electrons. The molecule has 20 heavy (non-hydrogen) atoms. The summed E-state index contributed by atoms with van der Waals surface area (Å²) >= 11 is 0. The monoisotopic (exact) mass is 275 g/mol. The predicted molar refractivity (Wildman–Crippen MR) is 84.7 cm³/mol. The van der Waals surface area contributed by atoms with E-state index >= 15 is 0 Å². The number of hydrogen-bond acceptors (Lipinski definition) is 3. The zero-order valence-electron chi connectivity index (χ0n) is 13.3. The number of piperidine rings is 1. The Hall–Kier alpha value is -0.930. The van der Waals surface area contributed by atoms with Gasteiger partial charge in [-0.2, -0.15) is 0 Å². The van der Waals surface area contributed by atoms with Crippen molar-refractivity contribution in [1.82, 2.24) is 15.2 Å². The molecule has 1 aliphatic rings. The Morgan fingerprint density at radius 2 is 2.25 bits per heavy atom. The Balaban J connectivity index is 2.01. The SMILES string of the molecule is CCCNC1CCN(C(C)c2cccnc2)C(C)C1C. The van der Waals surface area contributed by atoms with E-state index in [0.717, 1.165) is 6.54 Å². The minimum Gasteiger partial charge on any atom is -0.314 e. The third-order valence-electron chi connectivity index (χ3n) is 4.94. The first-order chi connectivity index (χ1) is 9.65. The Morgan fingerprint density at radius 3 is 2.90 bits per heavy atom. The minimum absolute atomic E-state index is 0.452. The van der Waals surface area contributed by atoms with E-state index in [9.17, 15) is 0 Å². The van der Waals surface area contributed by atoms with Crippen LogP contribution in [0.3, 0.4) is 0 Å². The molecule has 2 rings (SSSR count). The Kier molecular flexibility index (Phi) is 5.55. The highest BCUT2D eigenvalue weighted by atomic mass is 15.2. The number of pyridine rings is 1. The number of nitrogens with zero attached hydrogens (tertiary/aromatic N) is 2. The van der Waals surface area contributed by atoms with Crippen LogP contribution in [0.25, 0.3) is 0 Å². The lowest BCUT2D eigenvalue weighted by atomic mass is 9.85. The van der Waals surface area contributed by atoms with E-state index in [1.807, 2.05) is 18.5 Å². The lowest BCUT2D eigenvalue weighted by Gasteiger charge is -2.46. The molecule has 0 aliphatic carbocycles. The van der Waals surface area contributed by atoms with Crippen LogP contribution >= 0.6 is 0 Å². The van der Waals surface area contributed by atoms with Crippen LogP contribution in [0.2, 0.25) is 0 Å². The van der Waals surface area contributed by atoms with Crippen LogP contribution in [0.1, 0.15) is 52.1 Å². The van der Waals surface area contributed by atoms with Crippen LogP contribution in [0.4, 0.5) is 0 Å². The van der Waals surface area contributed by atoms with Crippen molar-refractivity contribution in [3.63, 3.8) is 0 Å². The normalized spacial score (nSPS) is 29.3. The molecule has 0 saturated carbocycles. The average molecular weight is 275 g/mol. The first-order valence-corrected chi connectivity index (χ1v) is 8.04. The van der Waals surface area contributed by atoms with E-state index in [2.05, 4.69) is 49.0 Å². The van der Waals surface area contributed by atoms with Crippen molar-refractivity contribution >= 4 is 0 Å². The van der Waals surface area contributed by atoms with Gasteiger partial charge in [0, 0.05) is 37.1 Å². The quantitative estimate of drug-likeness (QED) is 0.894. The molecule has 0 radical (unpaired) electrons. The highest BCUT2D eigenvalue weighted by Gasteiger charge is 2.34. The van der Waals surface area contributed by atoms with E-state index in [0.29, 0.717) is 24.0 Å². The first kappa shape index (κ1) is 15.5. The van der Waals surface area contributed by atoms with Crippen LogP contribution in [-0.4, -0.2) is 35.1 Å². The number of nitrogens with one attached hydrogen (secondary N) is 1. The molecular weight excluding hydrogens is 246 g/mol. The summed E-state index contributed by atoms with van der Waals surface area (Å²) in [5, 5.41) is 3.71. The minimum atomic E-state index is 0.452. The van der Waals surface area contributed by atoms with Crippen LogP contribution in [0.15, 0.2) is 24.5 Å². The molecule has 4 atom stereocenters. The van der Waals surface area contributed by atoms with Crippen molar-refractivity contribution in [3.8, 4) is 0 Å². The molecule has 0 spiro atoms. The van der Waals surface area contributed by atoms with Gasteiger partial charge in [0.25, 0.3) is 0 Å². The second-order valence-electron chi connectivity index (χ2n) is 6.15. The van der Waals surface area contributed by atoms with Crippen molar-refractivity contribution in [2.75, 3.05) is 13.1 Å². The summed E-state index contributed by atoms with van der Waals surface area (Å²) in [5.41, 5.74) is 1.33. The molecule has 4 unspecified atom stereocenters. The molecule has 2 heterocycles. The van der Waals surface area contributed by atoms with E-state index in [1.54, 1.807) is 0 Å². The van der Waals surface area contributed by atoms with Gasteiger partial charge in [-0.1, -0.05) is 19.9 Å². The first-order valence-electron chi connectivity index (χ1n) is 8.04. The molecule has 0 amide bonds. The van der Waals surface area contributed by atoms with Gasteiger partial charge < -0.3 is 5.32 Å². The average Bonchev–Trinajstić information content (AvgIpc) is 2.49. The molecule has 0 aromatic carbocycles. The molecule has 3 heteroatoms. The standard InChI is InChI=1S/C17H29N3/c1-5-9-19-17-8-11-20(14(3)13(17)2)15(4)16-7-6-10-18-12-16/h6-7,10,12-15,17,19H,5,8-9,11H2,1-4H3. The third kappa shape index (κ3) is 3.39. The van der Waals surface area contributed by atoms with Crippen molar-refractivity contribution in [3.05, 3.63) is 30.1 Å². The highest BCUT2D eigenvalue weighted by Crippen LogP contribution is 2.31. The summed E-state index contributed by atoms with van der Waals surface area (Å²) in [7, 11) is 0. The largest absolute Gasteiger partial charge is 0.314 e. The fourth-order valence-corrected chi connectivity index (χ4v) is 3.37. The summed E-state index contributed by atoms with van der Waals surface area (Å²) in [4.78, 5) is 6.89. The Morgan fingerprint density at radius 1 is 1.45 bits per heavy atom. The third-order valence-corrected chi connectivity index (χ3v) is 4.94. The van der Waals surface area contributed by atoms with Gasteiger partial charge >= 0.3 is 0 Å². The van der Waals surface area contributed by atoms with E-state index in [4.69, 9.17) is 0 Å². The van der Waals surface area contributed by atoms with Crippen molar-refractivity contribution < 1.29 is 0 Å². The Labute approximate surface area is 123 Å². The van der Waals surface area contributed by atoms with Gasteiger partial charge in [0.15, 0.2) is 0 Å². The fourth-order valence-electron chi connectivity index (χ4n) is 3.37. The lowest BCUT2D eigenvalue weighted by Crippen LogP contribution is -2.54. The number of aromatic nitrogens is 1. The van der Waals surface area contributed by atoms with E-state index < -0.39 is 0 Å². The van der Waals surface area contributed by atoms with Crippen LogP contribution < -0.4 is 5.32 Å². The van der Waals surface area contributed by atoms with Gasteiger partial charge in [-0.15, -0.1) is 0 Å². The molecule has 0 bridgehead atoms. The van der Waals surface area contributed by atoms with Crippen LogP contribution in [0, 0.1) is 5.92 Å². The van der Waals surface area contributed by atoms with Gasteiger partial charge in [0.05, 0.1) is 0 Å². The van der Waals surface area contributed by atoms with E-state index in [-0.39, 0.29) is 0 Å². The second-order valence-corrected chi connectivity index (χ2v) is 6.15. The summed E-state index contributed by atoms with van der Waals surface area (Å²) < 4.78 is 0. The zero-order chi connectivity index (χ0) is 14.5. The summed E-state index contributed by atoms with van der Waals surface area (Å²) in [6.45, 7) is 11.6. The van der Waals surface area contributed by atoms with Gasteiger partial charge in [0.1, 0.15) is 0 Å². The second kappa shape index (κ2) is 7.19. The molecule has 1 aromatic rings. The van der Waals surface area contributed by atoms with Crippen LogP contribution in [0.5, 0.6) is 0 Å². The fraction of sp³-hybridized carbons (Fsp3) is 0.706. The van der Waals surface area contributed by atoms with Crippen molar-refractivity contribution in [2.24, 2.45) is 5.92 Å². The zero-order valence-corrected chi connectivity index (χ0v) is 13.3. The number of rotatable bonds is 5. The highest BCUT2D eigenvalue weighted by molar-refractivity contribution is 5.14. The maximum absolute atomic E-state index is 4.26. The molecular formula is C17H29N3. The topological polar surface area (TPSA) is 28.2 Å². The maximum atomic E-state index is 4.26. The molecule has 1 aromatic heterocycles. The summed E-state index contributed by atoms with van der Waals surface area (Å²) in [6.07, 6.45) is 6.32. The lowest BCUT2D eigenvalue weighted by molar-refractivity contribution is 0.0523. The molecule has 1 N–H and O–H groups in total. The molecule has 1 saturated heterocycles. The summed E-state index contributed by atoms with van der Waals surface area (Å²) in [6, 6.07) is 5.95.